The zero-order valence-electron chi connectivity index (χ0n) is 13.0. The van der Waals surface area contributed by atoms with Gasteiger partial charge in [-0.05, 0) is 35.9 Å². The minimum Gasteiger partial charge on any atom is -0.477 e. The summed E-state index contributed by atoms with van der Waals surface area (Å²) < 4.78 is 12.9. The molecule has 0 aliphatic carbocycles. The van der Waals surface area contributed by atoms with Crippen molar-refractivity contribution in [2.45, 2.75) is 13.0 Å². The number of nitrogens with one attached hydrogen (secondary N) is 2. The van der Waals surface area contributed by atoms with Gasteiger partial charge < -0.3 is 15.4 Å². The SMILES string of the molecule is O=C(Cc1c(C(=O)O)[nH]c2ccc(Cl)cc12)NCc1ccc(F)cc1. The van der Waals surface area contributed by atoms with Crippen molar-refractivity contribution in [3.8, 4) is 0 Å². The fourth-order valence-corrected chi connectivity index (χ4v) is 2.78. The normalized spacial score (nSPS) is 10.8. The number of aromatic carboxylic acids is 1. The summed E-state index contributed by atoms with van der Waals surface area (Å²) in [5.41, 5.74) is 1.69. The highest BCUT2D eigenvalue weighted by atomic mass is 35.5. The molecule has 1 amide bonds. The van der Waals surface area contributed by atoms with E-state index in [0.29, 0.717) is 21.5 Å². The Morgan fingerprint density at radius 2 is 1.88 bits per heavy atom. The minimum absolute atomic E-state index is 0.0331. The molecule has 0 fully saturated rings. The molecule has 0 aliphatic heterocycles. The van der Waals surface area contributed by atoms with Gasteiger partial charge in [0.1, 0.15) is 11.5 Å². The number of carbonyl (C=O) groups excluding carboxylic acids is 1. The summed E-state index contributed by atoms with van der Waals surface area (Å²) >= 11 is 5.98. The molecule has 0 saturated heterocycles. The largest absolute Gasteiger partial charge is 0.477 e. The number of carbonyl (C=O) groups is 2. The van der Waals surface area contributed by atoms with Crippen LogP contribution in [0.3, 0.4) is 0 Å². The number of rotatable bonds is 5. The molecule has 25 heavy (non-hydrogen) atoms. The van der Waals surface area contributed by atoms with E-state index in [1.165, 1.54) is 12.1 Å². The number of benzene rings is 2. The van der Waals surface area contributed by atoms with Gasteiger partial charge >= 0.3 is 5.97 Å². The number of carboxylic acids is 1. The number of aromatic nitrogens is 1. The lowest BCUT2D eigenvalue weighted by atomic mass is 10.1. The number of hydrogen-bond donors (Lipinski definition) is 3. The zero-order valence-corrected chi connectivity index (χ0v) is 13.7. The Hall–Kier alpha value is -2.86. The molecule has 7 heteroatoms. The van der Waals surface area contributed by atoms with Crippen LogP contribution in [0.1, 0.15) is 21.6 Å². The summed E-state index contributed by atoms with van der Waals surface area (Å²) in [5.74, 6) is -1.83. The van der Waals surface area contributed by atoms with Gasteiger partial charge in [-0.3, -0.25) is 4.79 Å². The van der Waals surface area contributed by atoms with E-state index in [1.54, 1.807) is 30.3 Å². The van der Waals surface area contributed by atoms with Gasteiger partial charge in [0, 0.05) is 28.0 Å². The van der Waals surface area contributed by atoms with Crippen LogP contribution in [0.4, 0.5) is 4.39 Å². The molecule has 0 saturated carbocycles. The molecule has 1 heterocycles. The second kappa shape index (κ2) is 6.94. The standard InChI is InChI=1S/C18H14ClFN2O3/c19-11-3-6-15-13(7-11)14(17(22-15)18(24)25)8-16(23)21-9-10-1-4-12(20)5-2-10/h1-7,22H,8-9H2,(H,21,23)(H,24,25). The van der Waals surface area contributed by atoms with E-state index in [4.69, 9.17) is 11.6 Å². The monoisotopic (exact) mass is 360 g/mol. The Kier molecular flexibility index (Phi) is 4.72. The number of H-pyrrole nitrogens is 1. The molecule has 1 aromatic heterocycles. The summed E-state index contributed by atoms with van der Waals surface area (Å²) in [4.78, 5) is 26.5. The van der Waals surface area contributed by atoms with Gasteiger partial charge in [0.05, 0.1) is 6.42 Å². The van der Waals surface area contributed by atoms with Gasteiger partial charge in [0.25, 0.3) is 0 Å². The lowest BCUT2D eigenvalue weighted by molar-refractivity contribution is -0.120. The number of halogens is 2. The molecule has 2 aromatic carbocycles. The molecular formula is C18H14ClFN2O3. The molecular weight excluding hydrogens is 347 g/mol. The predicted octanol–water partition coefficient (Wildman–Crippen LogP) is 3.52. The van der Waals surface area contributed by atoms with Crippen molar-refractivity contribution in [1.29, 1.82) is 0 Å². The average Bonchev–Trinajstić information content (AvgIpc) is 2.92. The van der Waals surface area contributed by atoms with Crippen LogP contribution in [0.15, 0.2) is 42.5 Å². The van der Waals surface area contributed by atoms with Crippen molar-refractivity contribution in [3.63, 3.8) is 0 Å². The Labute approximate surface area is 147 Å². The van der Waals surface area contributed by atoms with Crippen molar-refractivity contribution in [3.05, 3.63) is 70.1 Å². The molecule has 5 nitrogen and oxygen atoms in total. The number of fused-ring (bicyclic) bond motifs is 1. The number of amides is 1. The molecule has 3 N–H and O–H groups in total. The molecule has 0 radical (unpaired) electrons. The second-order valence-electron chi connectivity index (χ2n) is 5.55. The van der Waals surface area contributed by atoms with E-state index in [9.17, 15) is 19.1 Å². The summed E-state index contributed by atoms with van der Waals surface area (Å²) in [5, 5.41) is 13.1. The first-order valence-electron chi connectivity index (χ1n) is 7.48. The molecule has 3 aromatic rings. The Bertz CT molecular complexity index is 951. The highest BCUT2D eigenvalue weighted by molar-refractivity contribution is 6.31. The second-order valence-corrected chi connectivity index (χ2v) is 5.99. The Morgan fingerprint density at radius 3 is 2.56 bits per heavy atom. The van der Waals surface area contributed by atoms with E-state index in [2.05, 4.69) is 10.3 Å². The molecule has 128 valence electrons. The van der Waals surface area contributed by atoms with Crippen LogP contribution in [0.5, 0.6) is 0 Å². The van der Waals surface area contributed by atoms with E-state index in [0.717, 1.165) is 5.56 Å². The average molecular weight is 361 g/mol. The van der Waals surface area contributed by atoms with Gasteiger partial charge in [-0.1, -0.05) is 23.7 Å². The Balaban J connectivity index is 1.80. The number of hydrogen-bond acceptors (Lipinski definition) is 2. The summed E-state index contributed by atoms with van der Waals surface area (Å²) in [6, 6.07) is 10.7. The fraction of sp³-hybridized carbons (Fsp3) is 0.111. The van der Waals surface area contributed by atoms with E-state index in [1.807, 2.05) is 0 Å². The van der Waals surface area contributed by atoms with Crippen LogP contribution >= 0.6 is 11.6 Å². The van der Waals surface area contributed by atoms with Crippen LogP contribution in [0, 0.1) is 5.82 Å². The maximum atomic E-state index is 12.9. The van der Waals surface area contributed by atoms with Gasteiger partial charge in [0.2, 0.25) is 5.91 Å². The van der Waals surface area contributed by atoms with E-state index < -0.39 is 5.97 Å². The van der Waals surface area contributed by atoms with Gasteiger partial charge in [-0.2, -0.15) is 0 Å². The van der Waals surface area contributed by atoms with Gasteiger partial charge in [-0.25, -0.2) is 9.18 Å². The minimum atomic E-state index is -1.14. The van der Waals surface area contributed by atoms with E-state index >= 15 is 0 Å². The summed E-state index contributed by atoms with van der Waals surface area (Å²) in [7, 11) is 0. The first-order chi connectivity index (χ1) is 11.9. The van der Waals surface area contributed by atoms with Crippen LogP contribution in [-0.4, -0.2) is 22.0 Å². The van der Waals surface area contributed by atoms with Crippen molar-refractivity contribution >= 4 is 34.4 Å². The quantitative estimate of drug-likeness (QED) is 0.651. The first kappa shape index (κ1) is 17.0. The topological polar surface area (TPSA) is 82.2 Å². The van der Waals surface area contributed by atoms with Crippen LogP contribution in [0.25, 0.3) is 10.9 Å². The predicted molar refractivity (Wildman–Crippen MR) is 92.2 cm³/mol. The van der Waals surface area contributed by atoms with Crippen molar-refractivity contribution in [2.75, 3.05) is 0 Å². The van der Waals surface area contributed by atoms with Crippen LogP contribution < -0.4 is 5.32 Å². The first-order valence-corrected chi connectivity index (χ1v) is 7.86. The maximum Gasteiger partial charge on any atom is 0.352 e. The number of aromatic amines is 1. The van der Waals surface area contributed by atoms with Gasteiger partial charge in [-0.15, -0.1) is 0 Å². The number of carboxylic acid groups (broad SMARTS) is 1. The molecule has 0 atom stereocenters. The highest BCUT2D eigenvalue weighted by Crippen LogP contribution is 2.26. The third-order valence-electron chi connectivity index (χ3n) is 3.82. The highest BCUT2D eigenvalue weighted by Gasteiger charge is 2.19. The maximum absolute atomic E-state index is 12.9. The lowest BCUT2D eigenvalue weighted by Gasteiger charge is -2.06. The van der Waals surface area contributed by atoms with E-state index in [-0.39, 0.29) is 30.4 Å². The molecule has 0 bridgehead atoms. The Morgan fingerprint density at radius 1 is 1.16 bits per heavy atom. The van der Waals surface area contributed by atoms with Crippen molar-refractivity contribution < 1.29 is 19.1 Å². The van der Waals surface area contributed by atoms with Crippen molar-refractivity contribution in [2.24, 2.45) is 0 Å². The van der Waals surface area contributed by atoms with Crippen molar-refractivity contribution in [1.82, 2.24) is 10.3 Å². The van der Waals surface area contributed by atoms with Crippen LogP contribution in [0.2, 0.25) is 5.02 Å². The zero-order chi connectivity index (χ0) is 18.0. The van der Waals surface area contributed by atoms with Gasteiger partial charge in [0.15, 0.2) is 0 Å². The lowest BCUT2D eigenvalue weighted by Crippen LogP contribution is -2.25. The summed E-state index contributed by atoms with van der Waals surface area (Å²) in [6.45, 7) is 0.227. The third kappa shape index (κ3) is 3.80. The summed E-state index contributed by atoms with van der Waals surface area (Å²) in [6.07, 6.45) is -0.108. The molecule has 3 rings (SSSR count). The third-order valence-corrected chi connectivity index (χ3v) is 4.06. The molecule has 0 spiro atoms. The fourth-order valence-electron chi connectivity index (χ4n) is 2.61. The van der Waals surface area contributed by atoms with Crippen LogP contribution in [-0.2, 0) is 17.8 Å². The molecule has 0 aliphatic rings. The molecule has 0 unspecified atom stereocenters. The smallest absolute Gasteiger partial charge is 0.352 e.